The lowest BCUT2D eigenvalue weighted by Crippen LogP contribution is -2.41. The zero-order valence-electron chi connectivity index (χ0n) is 18.6. The van der Waals surface area contributed by atoms with Crippen LogP contribution in [0.5, 0.6) is 0 Å². The minimum absolute atomic E-state index is 0.210. The van der Waals surface area contributed by atoms with Gasteiger partial charge < -0.3 is 5.73 Å². The summed E-state index contributed by atoms with van der Waals surface area (Å²) in [6.45, 7) is 8.00. The summed E-state index contributed by atoms with van der Waals surface area (Å²) in [6.07, 6.45) is 2.65. The summed E-state index contributed by atoms with van der Waals surface area (Å²) in [5.41, 5.74) is 11.7. The first kappa shape index (κ1) is 21.8. The van der Waals surface area contributed by atoms with E-state index in [0.29, 0.717) is 17.2 Å². The van der Waals surface area contributed by atoms with Crippen LogP contribution in [0.2, 0.25) is 0 Å². The lowest BCUT2D eigenvalue weighted by Gasteiger charge is -2.26. The highest BCUT2D eigenvalue weighted by atomic mass is 32.2. The molecule has 31 heavy (non-hydrogen) atoms. The van der Waals surface area contributed by atoms with E-state index in [2.05, 4.69) is 44.7 Å². The fraction of sp³-hybridized carbons (Fsp3) is 0.423. The van der Waals surface area contributed by atoms with Crippen molar-refractivity contribution in [3.05, 3.63) is 58.4 Å². The van der Waals surface area contributed by atoms with Crippen LogP contribution in [-0.4, -0.2) is 20.5 Å². The predicted octanol–water partition coefficient (Wildman–Crippen LogP) is 5.38. The summed E-state index contributed by atoms with van der Waals surface area (Å²) in [5.74, 6) is 6.66. The van der Waals surface area contributed by atoms with E-state index in [0.717, 1.165) is 47.1 Å². The van der Waals surface area contributed by atoms with Crippen molar-refractivity contribution in [1.82, 2.24) is 0 Å². The van der Waals surface area contributed by atoms with E-state index < -0.39 is 10.8 Å². The molecule has 162 valence electrons. The van der Waals surface area contributed by atoms with Gasteiger partial charge in [0.15, 0.2) is 0 Å². The highest BCUT2D eigenvalue weighted by Crippen LogP contribution is 2.46. The molecule has 0 saturated heterocycles. The van der Waals surface area contributed by atoms with E-state index in [4.69, 9.17) is 10.7 Å². The summed E-state index contributed by atoms with van der Waals surface area (Å²) >= 11 is 0. The Labute approximate surface area is 186 Å². The van der Waals surface area contributed by atoms with Gasteiger partial charge in [0.25, 0.3) is 0 Å². The molecule has 1 saturated carbocycles. The SMILES string of the molecule is CC#Cc1cc(-c2cc(C3CS(=O)C4(CC4)C(N)=N3)ccc2C)c(C(C)CC)cc1F. The van der Waals surface area contributed by atoms with Gasteiger partial charge >= 0.3 is 0 Å². The van der Waals surface area contributed by atoms with Gasteiger partial charge in [0.1, 0.15) is 16.4 Å². The van der Waals surface area contributed by atoms with Crippen molar-refractivity contribution in [2.75, 3.05) is 5.75 Å². The van der Waals surface area contributed by atoms with E-state index in [9.17, 15) is 8.60 Å². The molecule has 0 bridgehead atoms. The standard InChI is InChI=1S/C26H29FN2OS/c1-5-7-18-12-22(21(14-23(18)27)16(3)6-2)20-13-19(9-8-17(20)4)24-15-31(30)26(10-11-26)25(28)29-24/h8-9,12-14,16,24H,6,10-11,15H2,1-4H3,(H2,28,29). The fourth-order valence-electron chi connectivity index (χ4n) is 4.33. The number of halogens is 1. The topological polar surface area (TPSA) is 55.5 Å². The molecular formula is C26H29FN2OS. The fourth-order valence-corrected chi connectivity index (χ4v) is 6.04. The Hall–Kier alpha value is -2.45. The van der Waals surface area contributed by atoms with Gasteiger partial charge in [-0.1, -0.05) is 31.9 Å². The monoisotopic (exact) mass is 436 g/mol. The Morgan fingerprint density at radius 3 is 2.65 bits per heavy atom. The van der Waals surface area contributed by atoms with Crippen molar-refractivity contribution in [3.8, 4) is 23.0 Å². The average Bonchev–Trinajstić information content (AvgIpc) is 3.55. The number of nitrogens with zero attached hydrogens (tertiary/aromatic N) is 1. The van der Waals surface area contributed by atoms with Gasteiger partial charge in [-0.25, -0.2) is 4.39 Å². The molecule has 5 heteroatoms. The number of nitrogens with two attached hydrogens (primary N) is 1. The molecule has 0 aromatic heterocycles. The second-order valence-corrected chi connectivity index (χ2v) is 10.5. The van der Waals surface area contributed by atoms with Gasteiger partial charge in [-0.05, 0) is 85.0 Å². The molecular weight excluding hydrogens is 407 g/mol. The number of amidine groups is 1. The van der Waals surface area contributed by atoms with Crippen LogP contribution in [0.1, 0.15) is 74.2 Å². The van der Waals surface area contributed by atoms with Crippen molar-refractivity contribution in [2.24, 2.45) is 10.7 Å². The summed E-state index contributed by atoms with van der Waals surface area (Å²) < 4.78 is 27.2. The lowest BCUT2D eigenvalue weighted by atomic mass is 9.86. The molecule has 0 amide bonds. The van der Waals surface area contributed by atoms with E-state index in [-0.39, 0.29) is 22.5 Å². The first-order chi connectivity index (χ1) is 14.8. The van der Waals surface area contributed by atoms with Crippen molar-refractivity contribution in [1.29, 1.82) is 0 Å². The van der Waals surface area contributed by atoms with Crippen LogP contribution in [-0.2, 0) is 10.8 Å². The summed E-state index contributed by atoms with van der Waals surface area (Å²) in [7, 11) is -1.00. The maximum absolute atomic E-state index is 14.7. The number of hydrogen-bond acceptors (Lipinski definition) is 3. The molecule has 1 aliphatic carbocycles. The average molecular weight is 437 g/mol. The molecule has 2 aliphatic rings. The zero-order valence-corrected chi connectivity index (χ0v) is 19.4. The molecule has 3 atom stereocenters. The van der Waals surface area contributed by atoms with Crippen LogP contribution < -0.4 is 5.73 Å². The minimum Gasteiger partial charge on any atom is -0.386 e. The first-order valence-corrected chi connectivity index (χ1v) is 12.2. The minimum atomic E-state index is -1.00. The third-order valence-electron chi connectivity index (χ3n) is 6.69. The number of aryl methyl sites for hydroxylation is 1. The third kappa shape index (κ3) is 3.83. The van der Waals surface area contributed by atoms with Gasteiger partial charge in [-0.15, -0.1) is 5.92 Å². The molecule has 2 aromatic carbocycles. The van der Waals surface area contributed by atoms with Crippen LogP contribution in [0.4, 0.5) is 4.39 Å². The number of hydrogen-bond donors (Lipinski definition) is 1. The van der Waals surface area contributed by atoms with Gasteiger partial charge in [-0.2, -0.15) is 0 Å². The number of benzene rings is 2. The highest BCUT2D eigenvalue weighted by Gasteiger charge is 2.54. The van der Waals surface area contributed by atoms with E-state index in [1.807, 2.05) is 12.1 Å². The summed E-state index contributed by atoms with van der Waals surface area (Å²) in [4.78, 5) is 4.74. The Morgan fingerprint density at radius 2 is 2.03 bits per heavy atom. The molecule has 2 aromatic rings. The number of rotatable bonds is 4. The molecule has 0 radical (unpaired) electrons. The summed E-state index contributed by atoms with van der Waals surface area (Å²) in [5, 5.41) is 0. The van der Waals surface area contributed by atoms with Gasteiger partial charge in [0, 0.05) is 10.8 Å². The normalized spacial score (nSPS) is 22.4. The second-order valence-electron chi connectivity index (χ2n) is 8.71. The molecule has 1 spiro atoms. The first-order valence-electron chi connectivity index (χ1n) is 10.9. The summed E-state index contributed by atoms with van der Waals surface area (Å²) in [6, 6.07) is 9.51. The van der Waals surface area contributed by atoms with Crippen LogP contribution in [0.15, 0.2) is 35.3 Å². The van der Waals surface area contributed by atoms with Crippen molar-refractivity contribution >= 4 is 16.6 Å². The third-order valence-corrected chi connectivity index (χ3v) is 8.80. The van der Waals surface area contributed by atoms with Crippen molar-refractivity contribution < 1.29 is 8.60 Å². The van der Waals surface area contributed by atoms with Crippen LogP contribution in [0.25, 0.3) is 11.1 Å². The molecule has 3 nitrogen and oxygen atoms in total. The van der Waals surface area contributed by atoms with E-state index >= 15 is 0 Å². The molecule has 1 heterocycles. The Kier molecular flexibility index (Phi) is 5.79. The molecule has 4 rings (SSSR count). The van der Waals surface area contributed by atoms with Crippen LogP contribution in [0, 0.1) is 24.6 Å². The quantitative estimate of drug-likeness (QED) is 0.654. The maximum Gasteiger partial charge on any atom is 0.139 e. The molecule has 2 N–H and O–H groups in total. The maximum atomic E-state index is 14.7. The van der Waals surface area contributed by atoms with E-state index in [1.165, 1.54) is 0 Å². The largest absolute Gasteiger partial charge is 0.386 e. The second kappa shape index (κ2) is 8.24. The molecule has 1 aliphatic heterocycles. The van der Waals surface area contributed by atoms with Gasteiger partial charge in [0.05, 0.1) is 17.4 Å². The van der Waals surface area contributed by atoms with Gasteiger partial charge in [0.2, 0.25) is 0 Å². The molecule has 3 unspecified atom stereocenters. The van der Waals surface area contributed by atoms with E-state index in [1.54, 1.807) is 13.0 Å². The van der Waals surface area contributed by atoms with Crippen LogP contribution in [0.3, 0.4) is 0 Å². The Morgan fingerprint density at radius 1 is 1.29 bits per heavy atom. The lowest BCUT2D eigenvalue weighted by molar-refractivity contribution is 0.617. The van der Waals surface area contributed by atoms with Crippen molar-refractivity contribution in [2.45, 2.75) is 63.7 Å². The zero-order chi connectivity index (χ0) is 22.3. The molecule has 1 fully saturated rings. The van der Waals surface area contributed by atoms with Crippen molar-refractivity contribution in [3.63, 3.8) is 0 Å². The number of aliphatic imine (C=N–C) groups is 1. The van der Waals surface area contributed by atoms with Gasteiger partial charge in [-0.3, -0.25) is 9.20 Å². The van der Waals surface area contributed by atoms with Crippen LogP contribution >= 0.6 is 0 Å². The Balaban J connectivity index is 1.84. The Bertz CT molecular complexity index is 1150. The highest BCUT2D eigenvalue weighted by molar-refractivity contribution is 7.87. The smallest absolute Gasteiger partial charge is 0.139 e. The predicted molar refractivity (Wildman–Crippen MR) is 127 cm³/mol.